The normalized spacial score (nSPS) is 16.0. The summed E-state index contributed by atoms with van der Waals surface area (Å²) in [6, 6.07) is 11.8. The third-order valence-electron chi connectivity index (χ3n) is 5.17. The molecule has 1 N–H and O–H groups in total. The number of carbonyl (C=O) groups is 2. The van der Waals surface area contributed by atoms with Crippen LogP contribution in [0.5, 0.6) is 0 Å². The van der Waals surface area contributed by atoms with Gasteiger partial charge in [-0.3, -0.25) is 9.59 Å². The molecule has 8 heteroatoms. The minimum absolute atomic E-state index is 0.176. The van der Waals surface area contributed by atoms with E-state index in [1.165, 1.54) is 0 Å². The van der Waals surface area contributed by atoms with Crippen LogP contribution in [0.2, 0.25) is 5.02 Å². The van der Waals surface area contributed by atoms with Crippen LogP contribution in [-0.4, -0.2) is 39.4 Å². The van der Waals surface area contributed by atoms with Gasteiger partial charge in [-0.2, -0.15) is 4.98 Å². The van der Waals surface area contributed by atoms with E-state index in [-0.39, 0.29) is 11.8 Å². The van der Waals surface area contributed by atoms with Crippen molar-refractivity contribution in [3.8, 4) is 11.4 Å². The van der Waals surface area contributed by atoms with Gasteiger partial charge >= 0.3 is 0 Å². The number of amides is 2. The molecule has 0 unspecified atom stereocenters. The molecule has 0 radical (unpaired) electrons. The molecule has 1 aliphatic rings. The Morgan fingerprint density at radius 3 is 2.60 bits per heavy atom. The van der Waals surface area contributed by atoms with E-state index in [0.29, 0.717) is 41.0 Å². The molecule has 0 spiro atoms. The molecule has 30 heavy (non-hydrogen) atoms. The summed E-state index contributed by atoms with van der Waals surface area (Å²) in [4.78, 5) is 31.7. The minimum atomic E-state index is -0.517. The molecule has 1 saturated heterocycles. The molecule has 3 aromatic rings. The maximum Gasteiger partial charge on any atom is 0.254 e. The van der Waals surface area contributed by atoms with E-state index in [0.717, 1.165) is 17.5 Å². The summed E-state index contributed by atoms with van der Waals surface area (Å²) in [6.45, 7) is 4.16. The van der Waals surface area contributed by atoms with Gasteiger partial charge in [0.05, 0.1) is 0 Å². The van der Waals surface area contributed by atoms with Crippen LogP contribution >= 0.6 is 11.6 Å². The van der Waals surface area contributed by atoms with Crippen LogP contribution in [-0.2, 0) is 4.79 Å². The summed E-state index contributed by atoms with van der Waals surface area (Å²) in [7, 11) is 0. The zero-order chi connectivity index (χ0) is 21.3. The van der Waals surface area contributed by atoms with Crippen LogP contribution in [0.4, 0.5) is 5.69 Å². The van der Waals surface area contributed by atoms with E-state index in [1.807, 2.05) is 13.0 Å². The van der Waals surface area contributed by atoms with Crippen molar-refractivity contribution >= 4 is 29.1 Å². The largest absolute Gasteiger partial charge is 0.339 e. The number of likely N-dealkylation sites (tertiary alicyclic amines) is 1. The Kier molecular flexibility index (Phi) is 5.55. The van der Waals surface area contributed by atoms with Crippen LogP contribution < -0.4 is 5.32 Å². The lowest BCUT2D eigenvalue weighted by atomic mass is 10.1. The van der Waals surface area contributed by atoms with E-state index < -0.39 is 6.04 Å². The Morgan fingerprint density at radius 1 is 1.17 bits per heavy atom. The maximum atomic E-state index is 13.0. The second kappa shape index (κ2) is 8.28. The summed E-state index contributed by atoms with van der Waals surface area (Å²) in [5, 5.41) is 7.34. The molecule has 0 bridgehead atoms. The average molecular weight is 425 g/mol. The first-order valence-corrected chi connectivity index (χ1v) is 10.1. The van der Waals surface area contributed by atoms with Crippen molar-refractivity contribution in [2.75, 3.05) is 11.9 Å². The van der Waals surface area contributed by atoms with Crippen LogP contribution in [0, 0.1) is 13.8 Å². The monoisotopic (exact) mass is 424 g/mol. The highest BCUT2D eigenvalue weighted by Gasteiger charge is 2.34. The highest BCUT2D eigenvalue weighted by Crippen LogP contribution is 2.25. The van der Waals surface area contributed by atoms with Crippen molar-refractivity contribution in [2.24, 2.45) is 0 Å². The number of nitrogens with one attached hydrogen (secondary N) is 1. The standard InChI is InChI=1S/C22H21ClN4O3/c1-13-5-10-17(12-18(13)23)25-21(28)19-4-3-11-27(19)22(29)16-8-6-15(7-9-16)20-24-14(2)30-26-20/h5-10,12,19H,3-4,11H2,1-2H3,(H,25,28)/t19-/m1/s1. The first kappa shape index (κ1) is 20.1. The molecule has 1 aromatic heterocycles. The minimum Gasteiger partial charge on any atom is -0.339 e. The van der Waals surface area contributed by atoms with E-state index >= 15 is 0 Å². The Bertz CT molecular complexity index is 1090. The fourth-order valence-corrected chi connectivity index (χ4v) is 3.70. The van der Waals surface area contributed by atoms with E-state index in [4.69, 9.17) is 16.1 Å². The summed E-state index contributed by atoms with van der Waals surface area (Å²) in [6.07, 6.45) is 1.40. The van der Waals surface area contributed by atoms with Crippen molar-refractivity contribution in [1.29, 1.82) is 0 Å². The van der Waals surface area contributed by atoms with Crippen molar-refractivity contribution in [3.63, 3.8) is 0 Å². The van der Waals surface area contributed by atoms with Gasteiger partial charge in [0.25, 0.3) is 5.91 Å². The van der Waals surface area contributed by atoms with Crippen LogP contribution in [0.15, 0.2) is 47.0 Å². The zero-order valence-electron chi connectivity index (χ0n) is 16.7. The van der Waals surface area contributed by atoms with Gasteiger partial charge < -0.3 is 14.7 Å². The van der Waals surface area contributed by atoms with Gasteiger partial charge in [-0.15, -0.1) is 0 Å². The summed E-state index contributed by atoms with van der Waals surface area (Å²) in [5.74, 6) is 0.567. The van der Waals surface area contributed by atoms with Gasteiger partial charge in [-0.1, -0.05) is 35.0 Å². The van der Waals surface area contributed by atoms with Crippen molar-refractivity contribution < 1.29 is 14.1 Å². The van der Waals surface area contributed by atoms with E-state index in [1.54, 1.807) is 48.2 Å². The number of anilines is 1. The van der Waals surface area contributed by atoms with Crippen LogP contribution in [0.3, 0.4) is 0 Å². The number of carbonyl (C=O) groups excluding carboxylic acids is 2. The number of halogens is 1. The lowest BCUT2D eigenvalue weighted by molar-refractivity contribution is -0.119. The molecule has 0 aliphatic carbocycles. The molecule has 4 rings (SSSR count). The van der Waals surface area contributed by atoms with Gasteiger partial charge in [0, 0.05) is 35.3 Å². The van der Waals surface area contributed by atoms with Crippen molar-refractivity contribution in [2.45, 2.75) is 32.7 Å². The molecule has 7 nitrogen and oxygen atoms in total. The molecule has 1 atom stereocenters. The van der Waals surface area contributed by atoms with Crippen LogP contribution in [0.25, 0.3) is 11.4 Å². The highest BCUT2D eigenvalue weighted by molar-refractivity contribution is 6.31. The number of benzene rings is 2. The Hall–Kier alpha value is -3.19. The maximum absolute atomic E-state index is 13.0. The predicted octanol–water partition coefficient (Wildman–Crippen LogP) is 4.25. The Balaban J connectivity index is 1.47. The SMILES string of the molecule is Cc1nc(-c2ccc(C(=O)N3CCC[C@@H]3C(=O)Nc3ccc(C)c(Cl)c3)cc2)no1. The first-order valence-electron chi connectivity index (χ1n) is 9.71. The lowest BCUT2D eigenvalue weighted by Gasteiger charge is -2.24. The lowest BCUT2D eigenvalue weighted by Crippen LogP contribution is -2.43. The fourth-order valence-electron chi connectivity index (χ4n) is 3.52. The van der Waals surface area contributed by atoms with Crippen molar-refractivity contribution in [3.05, 3.63) is 64.5 Å². The van der Waals surface area contributed by atoms with E-state index in [9.17, 15) is 9.59 Å². The van der Waals surface area contributed by atoms with Gasteiger partial charge in [0.2, 0.25) is 17.6 Å². The van der Waals surface area contributed by atoms with Crippen LogP contribution in [0.1, 0.15) is 34.7 Å². The summed E-state index contributed by atoms with van der Waals surface area (Å²) < 4.78 is 4.99. The molecule has 0 saturated carbocycles. The highest BCUT2D eigenvalue weighted by atomic mass is 35.5. The quantitative estimate of drug-likeness (QED) is 0.676. The number of rotatable bonds is 4. The number of aryl methyl sites for hydroxylation is 2. The Labute approximate surface area is 179 Å². The average Bonchev–Trinajstić information content (AvgIpc) is 3.40. The zero-order valence-corrected chi connectivity index (χ0v) is 17.4. The molecule has 1 fully saturated rings. The number of aromatic nitrogens is 2. The van der Waals surface area contributed by atoms with Crippen molar-refractivity contribution in [1.82, 2.24) is 15.0 Å². The topological polar surface area (TPSA) is 88.3 Å². The van der Waals surface area contributed by atoms with E-state index in [2.05, 4.69) is 15.5 Å². The molecular formula is C22H21ClN4O3. The second-order valence-electron chi connectivity index (χ2n) is 7.32. The van der Waals surface area contributed by atoms with Gasteiger partial charge in [-0.05, 0) is 49.6 Å². The number of hydrogen-bond donors (Lipinski definition) is 1. The van der Waals surface area contributed by atoms with Gasteiger partial charge in [0.1, 0.15) is 6.04 Å². The fraction of sp³-hybridized carbons (Fsp3) is 0.273. The molecule has 2 aromatic carbocycles. The smallest absolute Gasteiger partial charge is 0.254 e. The van der Waals surface area contributed by atoms with Gasteiger partial charge in [0.15, 0.2) is 0 Å². The summed E-state index contributed by atoms with van der Waals surface area (Å²) in [5.41, 5.74) is 2.83. The number of nitrogens with zero attached hydrogens (tertiary/aromatic N) is 3. The first-order chi connectivity index (χ1) is 14.4. The third kappa shape index (κ3) is 4.07. The molecule has 154 valence electrons. The second-order valence-corrected chi connectivity index (χ2v) is 7.73. The Morgan fingerprint density at radius 2 is 1.93 bits per heavy atom. The molecule has 1 aliphatic heterocycles. The number of hydrogen-bond acceptors (Lipinski definition) is 5. The van der Waals surface area contributed by atoms with Gasteiger partial charge in [-0.25, -0.2) is 0 Å². The summed E-state index contributed by atoms with van der Waals surface area (Å²) >= 11 is 6.14. The molecule has 2 heterocycles. The molecular weight excluding hydrogens is 404 g/mol. The third-order valence-corrected chi connectivity index (χ3v) is 5.58. The predicted molar refractivity (Wildman–Crippen MR) is 113 cm³/mol. The molecule has 2 amide bonds.